The van der Waals surface area contributed by atoms with Crippen LogP contribution in [0, 0.1) is 22.7 Å². The highest BCUT2D eigenvalue weighted by Crippen LogP contribution is 2.62. The van der Waals surface area contributed by atoms with Crippen LogP contribution in [-0.4, -0.2) is 47.8 Å². The maximum Gasteiger partial charge on any atom is 0.355 e. The third-order valence-corrected chi connectivity index (χ3v) is 10.2. The number of nitrogen functional groups attached to an aromatic ring is 1. The fourth-order valence-corrected chi connectivity index (χ4v) is 7.45. The largest absolute Gasteiger partial charge is 0.456 e. The second kappa shape index (κ2) is 10.7. The third-order valence-electron chi connectivity index (χ3n) is 10.2. The van der Waals surface area contributed by atoms with Gasteiger partial charge in [0, 0.05) is 19.8 Å². The number of nitrogens with two attached hydrogens (primary N) is 1. The van der Waals surface area contributed by atoms with Crippen molar-refractivity contribution in [3.63, 3.8) is 0 Å². The van der Waals surface area contributed by atoms with Gasteiger partial charge in [-0.2, -0.15) is 0 Å². The predicted octanol–water partition coefficient (Wildman–Crippen LogP) is 5.96. The van der Waals surface area contributed by atoms with Crippen LogP contribution in [-0.2, 0) is 4.74 Å². The SMILES string of the molecule is CC(=CCN1CN(C)c2ncnc(N)c21)CCC1(C)C(C)CCC2(C)C(COC(=O)c3ccc[nH]3)=CCCC21. The molecule has 3 aliphatic rings. The van der Waals surface area contributed by atoms with Crippen LogP contribution < -0.4 is 15.5 Å². The normalized spacial score (nSPS) is 28.6. The minimum absolute atomic E-state index is 0.0640. The maximum absolute atomic E-state index is 12.5. The molecule has 0 bridgehead atoms. The molecular weight excluding hydrogens is 488 g/mol. The van der Waals surface area contributed by atoms with Gasteiger partial charge in [0.15, 0.2) is 11.6 Å². The van der Waals surface area contributed by atoms with Gasteiger partial charge in [-0.15, -0.1) is 0 Å². The molecule has 2 aliphatic carbocycles. The molecule has 1 saturated carbocycles. The molecule has 210 valence electrons. The lowest BCUT2D eigenvalue weighted by Crippen LogP contribution is -2.50. The number of H-pyrrole nitrogens is 1. The molecule has 0 radical (unpaired) electrons. The number of ether oxygens (including phenoxy) is 1. The second-order valence-electron chi connectivity index (χ2n) is 12.4. The van der Waals surface area contributed by atoms with Gasteiger partial charge in [0.2, 0.25) is 0 Å². The molecule has 5 rings (SSSR count). The lowest BCUT2D eigenvalue weighted by Gasteiger charge is -2.58. The first kappa shape index (κ1) is 27.3. The lowest BCUT2D eigenvalue weighted by atomic mass is 9.47. The van der Waals surface area contributed by atoms with Crippen molar-refractivity contribution < 1.29 is 9.53 Å². The monoisotopic (exact) mass is 532 g/mol. The zero-order chi connectivity index (χ0) is 27.8. The number of nitrogens with one attached hydrogen (secondary N) is 1. The molecule has 8 heteroatoms. The van der Waals surface area contributed by atoms with E-state index in [1.54, 1.807) is 12.3 Å². The Morgan fingerprint density at radius 3 is 2.90 bits per heavy atom. The molecule has 3 heterocycles. The standard InChI is InChI=1S/C31H44N6O2/c1-21(13-17-37-20-36(5)28-26(37)27(32)34-19-35-28)11-14-30(3)22(2)12-15-31(4)23(8-6-10-25(30)31)18-39-29(38)24-9-7-16-33-24/h7-9,13,16,19,22,25,33H,6,10-12,14-15,17-18,20H2,1-5H3,(H2,32,34,35). The van der Waals surface area contributed by atoms with E-state index in [0.29, 0.717) is 30.0 Å². The molecule has 8 nitrogen and oxygen atoms in total. The average Bonchev–Trinajstić information content (AvgIpc) is 3.57. The minimum Gasteiger partial charge on any atom is -0.456 e. The Morgan fingerprint density at radius 2 is 2.13 bits per heavy atom. The molecule has 39 heavy (non-hydrogen) atoms. The molecule has 1 fully saturated rings. The predicted molar refractivity (Wildman–Crippen MR) is 157 cm³/mol. The molecule has 3 N–H and O–H groups in total. The fourth-order valence-electron chi connectivity index (χ4n) is 7.45. The Labute approximate surface area is 232 Å². The topological polar surface area (TPSA) is 100 Å². The Balaban J connectivity index is 1.25. The van der Waals surface area contributed by atoms with E-state index in [0.717, 1.165) is 50.4 Å². The third kappa shape index (κ3) is 5.06. The summed E-state index contributed by atoms with van der Waals surface area (Å²) in [5.41, 5.74) is 10.6. The zero-order valence-electron chi connectivity index (χ0n) is 24.2. The summed E-state index contributed by atoms with van der Waals surface area (Å²) < 4.78 is 5.78. The van der Waals surface area contributed by atoms with Gasteiger partial charge in [-0.1, -0.05) is 38.5 Å². The number of fused-ring (bicyclic) bond motifs is 2. The van der Waals surface area contributed by atoms with Crippen molar-refractivity contribution in [1.29, 1.82) is 0 Å². The van der Waals surface area contributed by atoms with Crippen LogP contribution in [0.15, 0.2) is 48.0 Å². The van der Waals surface area contributed by atoms with E-state index in [2.05, 4.69) is 64.6 Å². The first-order valence-corrected chi connectivity index (χ1v) is 14.4. The van der Waals surface area contributed by atoms with Crippen LogP contribution >= 0.6 is 0 Å². The van der Waals surface area contributed by atoms with E-state index in [-0.39, 0.29) is 16.8 Å². The van der Waals surface area contributed by atoms with E-state index in [9.17, 15) is 4.79 Å². The van der Waals surface area contributed by atoms with Crippen LogP contribution in [0.2, 0.25) is 0 Å². The fraction of sp³-hybridized carbons (Fsp3) is 0.581. The molecule has 0 aromatic carbocycles. The molecule has 0 amide bonds. The van der Waals surface area contributed by atoms with E-state index in [1.165, 1.54) is 30.3 Å². The van der Waals surface area contributed by atoms with Gasteiger partial charge in [0.05, 0.1) is 6.67 Å². The number of esters is 1. The van der Waals surface area contributed by atoms with Crippen LogP contribution in [0.3, 0.4) is 0 Å². The quantitative estimate of drug-likeness (QED) is 0.319. The van der Waals surface area contributed by atoms with Gasteiger partial charge in [0.25, 0.3) is 0 Å². The lowest BCUT2D eigenvalue weighted by molar-refractivity contribution is -0.0516. The van der Waals surface area contributed by atoms with Crippen molar-refractivity contribution >= 4 is 23.3 Å². The van der Waals surface area contributed by atoms with Gasteiger partial charge in [0.1, 0.15) is 24.3 Å². The van der Waals surface area contributed by atoms with Crippen LogP contribution in [0.5, 0.6) is 0 Å². The van der Waals surface area contributed by atoms with Crippen molar-refractivity contribution in [2.75, 3.05) is 42.4 Å². The van der Waals surface area contributed by atoms with Crippen molar-refractivity contribution in [3.05, 3.63) is 53.6 Å². The number of carbonyl (C=O) groups is 1. The summed E-state index contributed by atoms with van der Waals surface area (Å²) in [4.78, 5) is 28.5. The Hall–Kier alpha value is -3.29. The molecule has 1 aliphatic heterocycles. The van der Waals surface area contributed by atoms with Gasteiger partial charge < -0.3 is 25.3 Å². The van der Waals surface area contributed by atoms with Gasteiger partial charge in [-0.3, -0.25) is 0 Å². The van der Waals surface area contributed by atoms with E-state index in [1.807, 2.05) is 13.1 Å². The Morgan fingerprint density at radius 1 is 1.31 bits per heavy atom. The number of hydrogen-bond donors (Lipinski definition) is 2. The molecule has 4 unspecified atom stereocenters. The number of nitrogens with zero attached hydrogens (tertiary/aromatic N) is 4. The number of aromatic amines is 1. The number of allylic oxidation sites excluding steroid dienone is 2. The first-order valence-electron chi connectivity index (χ1n) is 14.4. The highest BCUT2D eigenvalue weighted by atomic mass is 16.5. The molecule has 0 saturated heterocycles. The van der Waals surface area contributed by atoms with Gasteiger partial charge in [-0.05, 0) is 85.8 Å². The average molecular weight is 533 g/mol. The summed E-state index contributed by atoms with van der Waals surface area (Å²) in [5, 5.41) is 0. The Kier molecular flexibility index (Phi) is 7.49. The molecule has 4 atom stereocenters. The number of hydrogen-bond acceptors (Lipinski definition) is 7. The summed E-state index contributed by atoms with van der Waals surface area (Å²) in [6.07, 6.45) is 14.8. The molecule has 2 aromatic rings. The highest BCUT2D eigenvalue weighted by molar-refractivity contribution is 5.87. The number of carbonyl (C=O) groups excluding carboxylic acids is 1. The Bertz CT molecular complexity index is 1250. The van der Waals surface area contributed by atoms with Crippen LogP contribution in [0.4, 0.5) is 17.3 Å². The number of rotatable bonds is 8. The zero-order valence-corrected chi connectivity index (χ0v) is 24.2. The van der Waals surface area contributed by atoms with Crippen LogP contribution in [0.25, 0.3) is 0 Å². The van der Waals surface area contributed by atoms with E-state index in [4.69, 9.17) is 10.5 Å². The summed E-state index contributed by atoms with van der Waals surface area (Å²) in [5.74, 6) is 2.38. The molecular formula is C31H44N6O2. The van der Waals surface area contributed by atoms with E-state index >= 15 is 0 Å². The van der Waals surface area contributed by atoms with Gasteiger partial charge >= 0.3 is 5.97 Å². The second-order valence-corrected chi connectivity index (χ2v) is 12.4. The maximum atomic E-state index is 12.5. The van der Waals surface area contributed by atoms with Gasteiger partial charge in [-0.25, -0.2) is 14.8 Å². The van der Waals surface area contributed by atoms with Crippen molar-refractivity contribution in [1.82, 2.24) is 15.0 Å². The first-order chi connectivity index (χ1) is 18.6. The highest BCUT2D eigenvalue weighted by Gasteiger charge is 2.53. The summed E-state index contributed by atoms with van der Waals surface area (Å²) in [6, 6.07) is 3.59. The van der Waals surface area contributed by atoms with Crippen molar-refractivity contribution in [2.24, 2.45) is 22.7 Å². The van der Waals surface area contributed by atoms with Crippen LogP contribution in [0.1, 0.15) is 76.7 Å². The summed E-state index contributed by atoms with van der Waals surface area (Å²) in [7, 11) is 2.04. The number of aromatic nitrogens is 3. The summed E-state index contributed by atoms with van der Waals surface area (Å²) >= 11 is 0. The van der Waals surface area contributed by atoms with E-state index < -0.39 is 0 Å². The number of anilines is 3. The van der Waals surface area contributed by atoms with Crippen molar-refractivity contribution in [3.8, 4) is 0 Å². The molecule has 2 aromatic heterocycles. The van der Waals surface area contributed by atoms with Crippen molar-refractivity contribution in [2.45, 2.75) is 66.2 Å². The molecule has 0 spiro atoms. The summed E-state index contributed by atoms with van der Waals surface area (Å²) in [6.45, 7) is 11.6. The minimum atomic E-state index is -0.278. The smallest absolute Gasteiger partial charge is 0.355 e.